The molecular weight excluding hydrogens is 128 g/mol. The van der Waals surface area contributed by atoms with Crippen LogP contribution in [0.3, 0.4) is 0 Å². The molecule has 10 heavy (non-hydrogen) atoms. The van der Waals surface area contributed by atoms with Crippen LogP contribution in [0.1, 0.15) is 13.8 Å². The Labute approximate surface area is 60.2 Å². The largest absolute Gasteiger partial charge is 0.286 e. The van der Waals surface area contributed by atoms with Gasteiger partial charge >= 0.3 is 0 Å². The van der Waals surface area contributed by atoms with E-state index in [9.17, 15) is 9.59 Å². The second kappa shape index (κ2) is 4.68. The van der Waals surface area contributed by atoms with Gasteiger partial charge in [-0.05, 0) is 26.0 Å². The molecule has 0 spiro atoms. The van der Waals surface area contributed by atoms with Crippen molar-refractivity contribution in [1.82, 2.24) is 0 Å². The summed E-state index contributed by atoms with van der Waals surface area (Å²) >= 11 is 0. The Morgan fingerprint density at radius 1 is 0.900 bits per heavy atom. The molecule has 0 aliphatic rings. The zero-order valence-electron chi connectivity index (χ0n) is 6.13. The second-order valence-electron chi connectivity index (χ2n) is 1.73. The number of carbonyl (C=O) groups excluding carboxylic acids is 2. The van der Waals surface area contributed by atoms with E-state index >= 15 is 0 Å². The maximum Gasteiger partial charge on any atom is 0.225 e. The molecule has 0 amide bonds. The van der Waals surface area contributed by atoms with Gasteiger partial charge in [-0.25, -0.2) is 0 Å². The minimum absolute atomic E-state index is 0.472. The van der Waals surface area contributed by atoms with Crippen molar-refractivity contribution in [2.75, 3.05) is 0 Å². The molecule has 0 aliphatic heterocycles. The van der Waals surface area contributed by atoms with Gasteiger partial charge < -0.3 is 0 Å². The Morgan fingerprint density at radius 2 is 1.20 bits per heavy atom. The molecule has 0 radical (unpaired) electrons. The van der Waals surface area contributed by atoms with Crippen molar-refractivity contribution < 1.29 is 9.59 Å². The molecule has 0 unspecified atom stereocenters. The SMILES string of the molecule is C/C=C/C(=O)C(=O)/C=C/C. The first-order chi connectivity index (χ1) is 4.72. The molecule has 0 fully saturated rings. The molecule has 0 bridgehead atoms. The van der Waals surface area contributed by atoms with Crippen molar-refractivity contribution in [3.8, 4) is 0 Å². The molecule has 0 aliphatic carbocycles. The van der Waals surface area contributed by atoms with Crippen LogP contribution in [0.5, 0.6) is 0 Å². The molecule has 0 atom stereocenters. The lowest BCUT2D eigenvalue weighted by atomic mass is 10.2. The summed E-state index contributed by atoms with van der Waals surface area (Å²) in [4.78, 5) is 21.3. The van der Waals surface area contributed by atoms with Crippen molar-refractivity contribution >= 4 is 11.6 Å². The van der Waals surface area contributed by atoms with Gasteiger partial charge in [0.2, 0.25) is 11.6 Å². The number of rotatable bonds is 3. The zero-order chi connectivity index (χ0) is 7.98. The predicted octanol–water partition coefficient (Wildman–Crippen LogP) is 1.28. The van der Waals surface area contributed by atoms with Crippen LogP contribution in [0.2, 0.25) is 0 Å². The topological polar surface area (TPSA) is 34.1 Å². The Kier molecular flexibility index (Phi) is 4.12. The number of allylic oxidation sites excluding steroid dienone is 4. The molecule has 0 saturated carbocycles. The third-order valence-electron chi connectivity index (χ3n) is 0.879. The number of carbonyl (C=O) groups is 2. The molecule has 0 heterocycles. The molecule has 0 saturated heterocycles. The summed E-state index contributed by atoms with van der Waals surface area (Å²) in [6.07, 6.45) is 5.60. The molecule has 0 aromatic rings. The lowest BCUT2D eigenvalue weighted by Gasteiger charge is -1.82. The van der Waals surface area contributed by atoms with Gasteiger partial charge in [0.25, 0.3) is 0 Å². The van der Waals surface area contributed by atoms with Crippen LogP contribution in [0, 0.1) is 0 Å². The van der Waals surface area contributed by atoms with Crippen molar-refractivity contribution in [2.45, 2.75) is 13.8 Å². The van der Waals surface area contributed by atoms with Crippen LogP contribution in [-0.4, -0.2) is 11.6 Å². The maximum atomic E-state index is 10.6. The first-order valence-electron chi connectivity index (χ1n) is 3.06. The molecular formula is C8H10O2. The third kappa shape index (κ3) is 2.97. The zero-order valence-corrected chi connectivity index (χ0v) is 6.13. The quantitative estimate of drug-likeness (QED) is 0.435. The van der Waals surface area contributed by atoms with Crippen LogP contribution in [0.25, 0.3) is 0 Å². The highest BCUT2D eigenvalue weighted by Gasteiger charge is 2.02. The van der Waals surface area contributed by atoms with Crippen LogP contribution < -0.4 is 0 Å². The molecule has 0 aromatic carbocycles. The van der Waals surface area contributed by atoms with E-state index < -0.39 is 11.6 Å². The highest BCUT2D eigenvalue weighted by molar-refractivity contribution is 6.45. The maximum absolute atomic E-state index is 10.6. The first-order valence-corrected chi connectivity index (χ1v) is 3.06. The summed E-state index contributed by atoms with van der Waals surface area (Å²) in [5, 5.41) is 0. The van der Waals surface area contributed by atoms with Crippen LogP contribution >= 0.6 is 0 Å². The smallest absolute Gasteiger partial charge is 0.225 e. The molecule has 0 rings (SSSR count). The van der Waals surface area contributed by atoms with E-state index in [1.807, 2.05) is 0 Å². The lowest BCUT2D eigenvalue weighted by Crippen LogP contribution is -2.06. The van der Waals surface area contributed by atoms with Gasteiger partial charge in [-0.15, -0.1) is 0 Å². The molecule has 0 aromatic heterocycles. The van der Waals surface area contributed by atoms with Gasteiger partial charge in [0.05, 0.1) is 0 Å². The second-order valence-corrected chi connectivity index (χ2v) is 1.73. The van der Waals surface area contributed by atoms with Gasteiger partial charge in [-0.1, -0.05) is 12.2 Å². The summed E-state index contributed by atoms with van der Waals surface area (Å²) in [7, 11) is 0. The van der Waals surface area contributed by atoms with Gasteiger partial charge in [0.15, 0.2) is 0 Å². The van der Waals surface area contributed by atoms with Crippen LogP contribution in [0.15, 0.2) is 24.3 Å². The minimum atomic E-state index is -0.472. The Bertz CT molecular complexity index is 165. The van der Waals surface area contributed by atoms with E-state index in [0.29, 0.717) is 0 Å². The van der Waals surface area contributed by atoms with E-state index in [4.69, 9.17) is 0 Å². The Balaban J connectivity index is 4.09. The summed E-state index contributed by atoms with van der Waals surface area (Å²) < 4.78 is 0. The van der Waals surface area contributed by atoms with E-state index in [1.165, 1.54) is 12.2 Å². The molecule has 0 N–H and O–H groups in total. The predicted molar refractivity (Wildman–Crippen MR) is 39.6 cm³/mol. The van der Waals surface area contributed by atoms with Crippen molar-refractivity contribution in [1.29, 1.82) is 0 Å². The fourth-order valence-electron chi connectivity index (χ4n) is 0.467. The number of ketones is 2. The summed E-state index contributed by atoms with van der Waals surface area (Å²) in [5.74, 6) is -0.943. The Hall–Kier alpha value is -1.18. The highest BCUT2D eigenvalue weighted by atomic mass is 16.2. The standard InChI is InChI=1S/C8H10O2/c1-3-5-7(9)8(10)6-4-2/h3-6H,1-2H3/b5-3+,6-4+. The molecule has 2 heteroatoms. The van der Waals surface area contributed by atoms with E-state index in [0.717, 1.165) is 0 Å². The van der Waals surface area contributed by atoms with E-state index in [2.05, 4.69) is 0 Å². The fraction of sp³-hybridized carbons (Fsp3) is 0.250. The average molecular weight is 138 g/mol. The molecule has 54 valence electrons. The minimum Gasteiger partial charge on any atom is -0.286 e. The van der Waals surface area contributed by atoms with E-state index in [1.54, 1.807) is 26.0 Å². The fourth-order valence-corrected chi connectivity index (χ4v) is 0.467. The van der Waals surface area contributed by atoms with Gasteiger partial charge in [-0.3, -0.25) is 9.59 Å². The highest BCUT2D eigenvalue weighted by Crippen LogP contribution is 1.82. The van der Waals surface area contributed by atoms with Gasteiger partial charge in [0.1, 0.15) is 0 Å². The van der Waals surface area contributed by atoms with Gasteiger partial charge in [0, 0.05) is 0 Å². The van der Waals surface area contributed by atoms with Crippen molar-refractivity contribution in [2.24, 2.45) is 0 Å². The summed E-state index contributed by atoms with van der Waals surface area (Å²) in [5.41, 5.74) is 0. The lowest BCUT2D eigenvalue weighted by molar-refractivity contribution is -0.130. The monoisotopic (exact) mass is 138 g/mol. The van der Waals surface area contributed by atoms with Crippen LogP contribution in [-0.2, 0) is 9.59 Å². The summed E-state index contributed by atoms with van der Waals surface area (Å²) in [6.45, 7) is 3.39. The van der Waals surface area contributed by atoms with Crippen LogP contribution in [0.4, 0.5) is 0 Å². The average Bonchev–Trinajstić information content (AvgIpc) is 1.89. The number of hydrogen-bond donors (Lipinski definition) is 0. The van der Waals surface area contributed by atoms with Gasteiger partial charge in [-0.2, -0.15) is 0 Å². The normalized spacial score (nSPS) is 11.0. The van der Waals surface area contributed by atoms with Crippen molar-refractivity contribution in [3.63, 3.8) is 0 Å². The number of hydrogen-bond acceptors (Lipinski definition) is 2. The molecule has 2 nitrogen and oxygen atoms in total. The van der Waals surface area contributed by atoms with E-state index in [-0.39, 0.29) is 0 Å². The first kappa shape index (κ1) is 8.82. The summed E-state index contributed by atoms with van der Waals surface area (Å²) in [6, 6.07) is 0. The van der Waals surface area contributed by atoms with Crippen molar-refractivity contribution in [3.05, 3.63) is 24.3 Å². The Morgan fingerprint density at radius 3 is 1.40 bits per heavy atom. The third-order valence-corrected chi connectivity index (χ3v) is 0.879.